The Hall–Kier alpha value is -1.62. The highest BCUT2D eigenvalue weighted by Gasteiger charge is 2.27. The normalized spacial score (nSPS) is 11.3. The van der Waals surface area contributed by atoms with Crippen molar-refractivity contribution < 1.29 is 0 Å². The highest BCUT2D eigenvalue weighted by atomic mass is 79.9. The maximum Gasteiger partial charge on any atom is 0.287 e. The van der Waals surface area contributed by atoms with E-state index in [-0.39, 0.29) is 11.1 Å². The Morgan fingerprint density at radius 1 is 0.606 bits per heavy atom. The van der Waals surface area contributed by atoms with Gasteiger partial charge in [-0.15, -0.1) is 0 Å². The first-order valence-corrected chi connectivity index (χ1v) is 14.1. The lowest BCUT2D eigenvalue weighted by Crippen LogP contribution is -2.34. The molecule has 2 heterocycles. The monoisotopic (exact) mass is 700 g/mol. The van der Waals surface area contributed by atoms with Gasteiger partial charge in [-0.3, -0.25) is 9.59 Å². The van der Waals surface area contributed by atoms with E-state index in [1.165, 1.54) is 0 Å². The molecule has 0 unspecified atom stereocenters. The van der Waals surface area contributed by atoms with Crippen molar-refractivity contribution in [2.75, 3.05) is 10.7 Å². The quantitative estimate of drug-likeness (QED) is 0.222. The number of benzene rings is 2. The minimum Gasteiger partial charge on any atom is -0.266 e. The Labute approximate surface area is 224 Å². The summed E-state index contributed by atoms with van der Waals surface area (Å²) >= 11 is 14.1. The van der Waals surface area contributed by atoms with Gasteiger partial charge in [-0.05, 0) is 69.0 Å². The summed E-state index contributed by atoms with van der Waals surface area (Å²) in [6.07, 6.45) is 2.03. The van der Waals surface area contributed by atoms with Crippen LogP contribution in [0, 0.1) is 0 Å². The van der Waals surface area contributed by atoms with Crippen molar-refractivity contribution in [3.8, 4) is 11.4 Å². The molecular formula is C23H20Br4N4O2. The van der Waals surface area contributed by atoms with Gasteiger partial charge >= 0.3 is 0 Å². The molecule has 0 radical (unpaired) electrons. The molecular weight excluding hydrogens is 684 g/mol. The number of para-hydroxylation sites is 2. The molecule has 2 aromatic carbocycles. The molecule has 0 saturated carbocycles. The molecule has 0 fully saturated rings. The zero-order chi connectivity index (χ0) is 23.5. The van der Waals surface area contributed by atoms with Gasteiger partial charge in [0.15, 0.2) is 0 Å². The van der Waals surface area contributed by atoms with Crippen LogP contribution in [0.3, 0.4) is 0 Å². The molecule has 0 atom stereocenters. The summed E-state index contributed by atoms with van der Waals surface area (Å²) in [5.74, 6) is 0. The summed E-state index contributed by atoms with van der Waals surface area (Å²) in [6, 6.07) is 18.9. The number of aromatic nitrogens is 4. The summed E-state index contributed by atoms with van der Waals surface area (Å²) in [6.45, 7) is 0. The Bertz CT molecular complexity index is 1370. The lowest BCUT2D eigenvalue weighted by Gasteiger charge is -2.22. The van der Waals surface area contributed by atoms with Crippen LogP contribution in [0.15, 0.2) is 79.2 Å². The average Bonchev–Trinajstić information content (AvgIpc) is 3.23. The SMILES string of the molecule is O=c1c(Br)c(CCBr)n(-n2c(CCCBr)c(Br)c(=O)n2-c2ccccc2)n1-c1ccccc1. The molecule has 0 bridgehead atoms. The van der Waals surface area contributed by atoms with Crippen LogP contribution < -0.4 is 11.1 Å². The van der Waals surface area contributed by atoms with Crippen LogP contribution in [0.1, 0.15) is 17.8 Å². The topological polar surface area (TPSA) is 53.9 Å². The highest BCUT2D eigenvalue weighted by molar-refractivity contribution is 9.11. The maximum atomic E-state index is 13.5. The van der Waals surface area contributed by atoms with E-state index in [4.69, 9.17) is 0 Å². The van der Waals surface area contributed by atoms with E-state index >= 15 is 0 Å². The second kappa shape index (κ2) is 10.8. The fourth-order valence-corrected chi connectivity index (χ4v) is 5.46. The van der Waals surface area contributed by atoms with E-state index < -0.39 is 0 Å². The predicted octanol–water partition coefficient (Wildman–Crippen LogP) is 5.69. The fourth-order valence-electron chi connectivity index (χ4n) is 3.75. The largest absolute Gasteiger partial charge is 0.287 e. The number of nitrogens with zero attached hydrogens (tertiary/aromatic N) is 4. The number of hydrogen-bond donors (Lipinski definition) is 0. The van der Waals surface area contributed by atoms with Crippen molar-refractivity contribution >= 4 is 63.7 Å². The van der Waals surface area contributed by atoms with E-state index in [1.807, 2.05) is 70.2 Å². The van der Waals surface area contributed by atoms with Gasteiger partial charge in [0, 0.05) is 17.1 Å². The molecule has 6 nitrogen and oxygen atoms in total. The Kier molecular flexibility index (Phi) is 7.99. The third kappa shape index (κ3) is 4.54. The third-order valence-corrected chi connectivity index (χ3v) is 7.74. The second-order valence-corrected chi connectivity index (χ2v) is 10.4. The van der Waals surface area contributed by atoms with Crippen LogP contribution in [0.4, 0.5) is 0 Å². The molecule has 172 valence electrons. The van der Waals surface area contributed by atoms with Gasteiger partial charge in [0.25, 0.3) is 11.1 Å². The zero-order valence-electron chi connectivity index (χ0n) is 17.4. The van der Waals surface area contributed by atoms with Gasteiger partial charge < -0.3 is 0 Å². The van der Waals surface area contributed by atoms with Crippen LogP contribution >= 0.6 is 63.7 Å². The van der Waals surface area contributed by atoms with E-state index in [9.17, 15) is 9.59 Å². The predicted molar refractivity (Wildman–Crippen MR) is 146 cm³/mol. The Balaban J connectivity index is 2.17. The number of alkyl halides is 2. The summed E-state index contributed by atoms with van der Waals surface area (Å²) in [4.78, 5) is 30.6. The van der Waals surface area contributed by atoms with Gasteiger partial charge in [-0.25, -0.2) is 0 Å². The average molecular weight is 704 g/mol. The molecule has 0 saturated heterocycles. The second-order valence-electron chi connectivity index (χ2n) is 7.24. The van der Waals surface area contributed by atoms with E-state index in [0.717, 1.165) is 23.1 Å². The molecule has 4 rings (SSSR count). The Morgan fingerprint density at radius 3 is 1.42 bits per heavy atom. The summed E-state index contributed by atoms with van der Waals surface area (Å²) < 4.78 is 4.16. The first kappa shape index (κ1) is 24.5. The van der Waals surface area contributed by atoms with Crippen molar-refractivity contribution in [1.29, 1.82) is 0 Å². The van der Waals surface area contributed by atoms with E-state index in [0.29, 0.717) is 38.5 Å². The molecule has 0 aliphatic rings. The van der Waals surface area contributed by atoms with Crippen LogP contribution in [0.2, 0.25) is 0 Å². The smallest absolute Gasteiger partial charge is 0.266 e. The summed E-state index contributed by atoms with van der Waals surface area (Å²) in [5.41, 5.74) is 2.56. The summed E-state index contributed by atoms with van der Waals surface area (Å²) in [7, 11) is 0. The van der Waals surface area contributed by atoms with Crippen LogP contribution in [-0.4, -0.2) is 29.6 Å². The van der Waals surface area contributed by atoms with Gasteiger partial charge in [0.2, 0.25) is 0 Å². The van der Waals surface area contributed by atoms with Crippen molar-refractivity contribution in [3.05, 3.63) is 102 Å². The molecule has 2 aromatic heterocycles. The molecule has 0 aliphatic carbocycles. The maximum absolute atomic E-state index is 13.5. The van der Waals surface area contributed by atoms with E-state index in [2.05, 4.69) is 63.7 Å². The molecule has 0 aliphatic heterocycles. The van der Waals surface area contributed by atoms with Crippen molar-refractivity contribution in [1.82, 2.24) is 18.9 Å². The molecule has 4 aromatic rings. The molecule has 0 spiro atoms. The van der Waals surface area contributed by atoms with Crippen molar-refractivity contribution in [3.63, 3.8) is 0 Å². The van der Waals surface area contributed by atoms with Gasteiger partial charge in [-0.2, -0.15) is 18.9 Å². The molecule has 33 heavy (non-hydrogen) atoms. The van der Waals surface area contributed by atoms with Crippen molar-refractivity contribution in [2.45, 2.75) is 19.3 Å². The van der Waals surface area contributed by atoms with Crippen LogP contribution in [0.25, 0.3) is 11.4 Å². The number of halogens is 4. The van der Waals surface area contributed by atoms with Gasteiger partial charge in [0.05, 0.1) is 22.8 Å². The minimum atomic E-state index is -0.194. The highest BCUT2D eigenvalue weighted by Crippen LogP contribution is 2.24. The van der Waals surface area contributed by atoms with Crippen LogP contribution in [0.5, 0.6) is 0 Å². The van der Waals surface area contributed by atoms with E-state index in [1.54, 1.807) is 9.36 Å². The summed E-state index contributed by atoms with van der Waals surface area (Å²) in [5, 5.41) is 1.44. The molecule has 10 heteroatoms. The zero-order valence-corrected chi connectivity index (χ0v) is 23.8. The third-order valence-electron chi connectivity index (χ3n) is 5.19. The fraction of sp³-hybridized carbons (Fsp3) is 0.217. The minimum absolute atomic E-state index is 0.188. The molecule has 0 amide bonds. The Morgan fingerprint density at radius 2 is 1.03 bits per heavy atom. The van der Waals surface area contributed by atoms with Crippen LogP contribution in [-0.2, 0) is 12.8 Å². The van der Waals surface area contributed by atoms with Gasteiger partial charge in [-0.1, -0.05) is 68.3 Å². The lowest BCUT2D eigenvalue weighted by molar-refractivity contribution is 0.387. The lowest BCUT2D eigenvalue weighted by atomic mass is 10.2. The standard InChI is InChI=1S/C23H20Br4N4O2/c24-14-7-12-18-20(26)22(32)28(16-8-3-1-4-9-16)30(18)31-19(13-15-25)21(27)23(33)29(31)17-10-5-2-6-11-17/h1-6,8-11H,7,12-15H2. The number of rotatable bonds is 8. The van der Waals surface area contributed by atoms with Crippen molar-refractivity contribution in [2.24, 2.45) is 0 Å². The molecule has 0 N–H and O–H groups in total. The first-order valence-electron chi connectivity index (χ1n) is 10.3. The van der Waals surface area contributed by atoms with Gasteiger partial charge in [0.1, 0.15) is 8.95 Å². The first-order chi connectivity index (χ1) is 16.0. The number of hydrogen-bond acceptors (Lipinski definition) is 2.